The van der Waals surface area contributed by atoms with Gasteiger partial charge >= 0.3 is 6.03 Å². The number of nitrogens with one attached hydrogen (secondary N) is 1. The van der Waals surface area contributed by atoms with Gasteiger partial charge in [-0.05, 0) is 42.8 Å². The molecule has 30 heavy (non-hydrogen) atoms. The molecular weight excluding hydrogens is 421 g/mol. The summed E-state index contributed by atoms with van der Waals surface area (Å²) in [6.07, 6.45) is 0. The van der Waals surface area contributed by atoms with Crippen LogP contribution >= 0.6 is 23.2 Å². The first-order chi connectivity index (χ1) is 14.5. The summed E-state index contributed by atoms with van der Waals surface area (Å²) in [6.45, 7) is 4.50. The number of urea groups is 1. The van der Waals surface area contributed by atoms with E-state index in [4.69, 9.17) is 23.2 Å². The lowest BCUT2D eigenvalue weighted by atomic mass is 10.1. The summed E-state index contributed by atoms with van der Waals surface area (Å²) in [7, 11) is 0. The Morgan fingerprint density at radius 1 is 0.967 bits per heavy atom. The van der Waals surface area contributed by atoms with Gasteiger partial charge in [-0.3, -0.25) is 0 Å². The van der Waals surface area contributed by atoms with E-state index in [2.05, 4.69) is 20.4 Å². The highest BCUT2D eigenvalue weighted by atomic mass is 35.5. The quantitative estimate of drug-likeness (QED) is 0.612. The summed E-state index contributed by atoms with van der Waals surface area (Å²) in [4.78, 5) is 16.5. The minimum absolute atomic E-state index is 0.125. The summed E-state index contributed by atoms with van der Waals surface area (Å²) >= 11 is 12.3. The van der Waals surface area contributed by atoms with E-state index in [1.165, 1.54) is 0 Å². The van der Waals surface area contributed by atoms with Crippen molar-refractivity contribution in [2.75, 3.05) is 36.4 Å². The summed E-state index contributed by atoms with van der Waals surface area (Å²) in [5, 5.41) is 12.9. The van der Waals surface area contributed by atoms with Gasteiger partial charge in [0, 0.05) is 42.5 Å². The third-order valence-corrected chi connectivity index (χ3v) is 5.70. The predicted octanol–water partition coefficient (Wildman–Crippen LogP) is 5.11. The van der Waals surface area contributed by atoms with Gasteiger partial charge in [0.05, 0.1) is 10.7 Å². The van der Waals surface area contributed by atoms with Crippen LogP contribution in [0.1, 0.15) is 5.56 Å². The van der Waals surface area contributed by atoms with E-state index >= 15 is 0 Å². The second-order valence-electron chi connectivity index (χ2n) is 7.12. The fourth-order valence-corrected chi connectivity index (χ4v) is 3.77. The zero-order chi connectivity index (χ0) is 21.1. The summed E-state index contributed by atoms with van der Waals surface area (Å²) in [5.74, 6) is 0.788. The van der Waals surface area contributed by atoms with Gasteiger partial charge < -0.3 is 15.1 Å². The Labute approximate surface area is 185 Å². The Kier molecular flexibility index (Phi) is 6.06. The molecule has 1 fully saturated rings. The molecule has 8 heteroatoms. The Morgan fingerprint density at radius 2 is 1.73 bits per heavy atom. The normalized spacial score (nSPS) is 14.0. The minimum Gasteiger partial charge on any atom is -0.352 e. The molecule has 0 unspecified atom stereocenters. The van der Waals surface area contributed by atoms with Gasteiger partial charge in [-0.25, -0.2) is 4.79 Å². The molecule has 2 aromatic carbocycles. The highest BCUT2D eigenvalue weighted by Gasteiger charge is 2.22. The Bertz CT molecular complexity index is 1050. The molecule has 154 valence electrons. The highest BCUT2D eigenvalue weighted by Crippen LogP contribution is 2.26. The number of amides is 2. The largest absolute Gasteiger partial charge is 0.352 e. The van der Waals surface area contributed by atoms with Crippen molar-refractivity contribution in [3.05, 3.63) is 70.2 Å². The molecule has 0 spiro atoms. The van der Waals surface area contributed by atoms with E-state index in [1.807, 2.05) is 55.5 Å². The molecule has 1 N–H and O–H groups in total. The molecule has 1 aromatic heterocycles. The number of carbonyl (C=O) groups excluding carboxylic acids is 1. The lowest BCUT2D eigenvalue weighted by molar-refractivity contribution is 0.208. The van der Waals surface area contributed by atoms with Crippen molar-refractivity contribution in [3.63, 3.8) is 0 Å². The maximum absolute atomic E-state index is 12.6. The first-order valence-corrected chi connectivity index (χ1v) is 10.4. The number of benzene rings is 2. The number of carbonyl (C=O) groups is 1. The number of hydrogen-bond acceptors (Lipinski definition) is 4. The summed E-state index contributed by atoms with van der Waals surface area (Å²) in [6, 6.07) is 16.8. The number of halogens is 2. The molecule has 2 amide bonds. The van der Waals surface area contributed by atoms with Crippen LogP contribution in [0.4, 0.5) is 16.3 Å². The predicted molar refractivity (Wildman–Crippen MR) is 121 cm³/mol. The maximum atomic E-state index is 12.6. The zero-order valence-electron chi connectivity index (χ0n) is 16.5. The van der Waals surface area contributed by atoms with E-state index < -0.39 is 0 Å². The van der Waals surface area contributed by atoms with Crippen LogP contribution in [-0.2, 0) is 0 Å². The zero-order valence-corrected chi connectivity index (χ0v) is 18.0. The van der Waals surface area contributed by atoms with E-state index in [0.29, 0.717) is 36.2 Å². The molecule has 0 saturated carbocycles. The van der Waals surface area contributed by atoms with Crippen LogP contribution in [0, 0.1) is 6.92 Å². The molecule has 3 aromatic rings. The molecule has 4 rings (SSSR count). The number of nitrogens with zero attached hydrogens (tertiary/aromatic N) is 4. The number of anilines is 2. The van der Waals surface area contributed by atoms with E-state index in [0.717, 1.165) is 28.3 Å². The topological polar surface area (TPSA) is 61.4 Å². The molecule has 0 atom stereocenters. The fraction of sp³-hybridized carbons (Fsp3) is 0.227. The highest BCUT2D eigenvalue weighted by molar-refractivity contribution is 6.33. The maximum Gasteiger partial charge on any atom is 0.321 e. The smallest absolute Gasteiger partial charge is 0.321 e. The molecular formula is C22H21Cl2N5O. The second-order valence-corrected chi connectivity index (χ2v) is 7.96. The summed E-state index contributed by atoms with van der Waals surface area (Å²) in [5.41, 5.74) is 3.30. The number of rotatable bonds is 3. The van der Waals surface area contributed by atoms with Crippen LogP contribution in [0.15, 0.2) is 54.6 Å². The lowest BCUT2D eigenvalue weighted by Gasteiger charge is -2.35. The number of aryl methyl sites for hydroxylation is 1. The lowest BCUT2D eigenvalue weighted by Crippen LogP contribution is -2.50. The average molecular weight is 442 g/mol. The third-order valence-electron chi connectivity index (χ3n) is 5.13. The summed E-state index contributed by atoms with van der Waals surface area (Å²) < 4.78 is 0. The monoisotopic (exact) mass is 441 g/mol. The van der Waals surface area contributed by atoms with Crippen molar-refractivity contribution in [1.29, 1.82) is 0 Å². The molecule has 1 aliphatic heterocycles. The van der Waals surface area contributed by atoms with Crippen molar-refractivity contribution in [2.45, 2.75) is 6.92 Å². The van der Waals surface area contributed by atoms with Crippen LogP contribution < -0.4 is 10.2 Å². The van der Waals surface area contributed by atoms with Gasteiger partial charge in [0.2, 0.25) is 0 Å². The van der Waals surface area contributed by atoms with Gasteiger partial charge in [0.1, 0.15) is 0 Å². The Morgan fingerprint density at radius 3 is 2.43 bits per heavy atom. The van der Waals surface area contributed by atoms with E-state index in [-0.39, 0.29) is 6.03 Å². The van der Waals surface area contributed by atoms with Crippen LogP contribution in [0.25, 0.3) is 11.3 Å². The van der Waals surface area contributed by atoms with E-state index in [1.54, 1.807) is 11.0 Å². The molecule has 0 radical (unpaired) electrons. The first kappa shape index (κ1) is 20.4. The van der Waals surface area contributed by atoms with E-state index in [9.17, 15) is 4.79 Å². The van der Waals surface area contributed by atoms with Crippen molar-refractivity contribution < 1.29 is 4.79 Å². The van der Waals surface area contributed by atoms with Crippen molar-refractivity contribution >= 4 is 40.7 Å². The molecule has 2 heterocycles. The minimum atomic E-state index is -0.125. The van der Waals surface area contributed by atoms with Gasteiger partial charge in [0.15, 0.2) is 5.82 Å². The van der Waals surface area contributed by atoms with Crippen LogP contribution in [0.2, 0.25) is 10.0 Å². The second kappa shape index (κ2) is 8.90. The molecule has 0 aliphatic carbocycles. The van der Waals surface area contributed by atoms with Crippen LogP contribution in [0.3, 0.4) is 0 Å². The van der Waals surface area contributed by atoms with Gasteiger partial charge in [-0.2, -0.15) is 0 Å². The number of hydrogen-bond donors (Lipinski definition) is 1. The van der Waals surface area contributed by atoms with Gasteiger partial charge in [0.25, 0.3) is 0 Å². The third kappa shape index (κ3) is 4.50. The van der Waals surface area contributed by atoms with Crippen LogP contribution in [0.5, 0.6) is 0 Å². The van der Waals surface area contributed by atoms with Crippen LogP contribution in [-0.4, -0.2) is 47.3 Å². The van der Waals surface area contributed by atoms with Crippen molar-refractivity contribution in [2.24, 2.45) is 0 Å². The Balaban J connectivity index is 1.37. The first-order valence-electron chi connectivity index (χ1n) is 9.67. The molecule has 1 saturated heterocycles. The number of piperazine rings is 1. The number of aromatic nitrogens is 2. The molecule has 1 aliphatic rings. The van der Waals surface area contributed by atoms with Crippen molar-refractivity contribution in [1.82, 2.24) is 15.1 Å². The van der Waals surface area contributed by atoms with Crippen molar-refractivity contribution in [3.8, 4) is 11.3 Å². The average Bonchev–Trinajstić information content (AvgIpc) is 2.77. The van der Waals surface area contributed by atoms with Gasteiger partial charge in [-0.15, -0.1) is 10.2 Å². The van der Waals surface area contributed by atoms with Gasteiger partial charge in [-0.1, -0.05) is 47.5 Å². The molecule has 0 bridgehead atoms. The SMILES string of the molecule is Cc1ccc(Cl)cc1NC(=O)N1CCN(c2ccc(-c3ccccc3Cl)nn2)CC1. The Hall–Kier alpha value is -2.83. The standard InChI is InChI=1S/C22H21Cl2N5O/c1-15-6-7-16(23)14-20(15)25-22(30)29-12-10-28(11-13-29)21-9-8-19(26-27-21)17-4-2-3-5-18(17)24/h2-9,14H,10-13H2,1H3,(H,25,30). The fourth-order valence-electron chi connectivity index (χ4n) is 3.37. The molecule has 6 nitrogen and oxygen atoms in total.